The van der Waals surface area contributed by atoms with Gasteiger partial charge < -0.3 is 19.4 Å². The van der Waals surface area contributed by atoms with E-state index in [1.807, 2.05) is 42.7 Å². The summed E-state index contributed by atoms with van der Waals surface area (Å²) < 4.78 is 12.5. The fraction of sp³-hybridized carbons (Fsp3) is 0.200. The minimum absolute atomic E-state index is 0.205. The molecule has 0 aliphatic carbocycles. The number of anilines is 1. The number of aromatic nitrogens is 2. The topological polar surface area (TPSA) is 65.4 Å². The van der Waals surface area contributed by atoms with Gasteiger partial charge in [0.2, 0.25) is 0 Å². The smallest absolute Gasteiger partial charge is 0.257 e. The van der Waals surface area contributed by atoms with E-state index in [2.05, 4.69) is 10.3 Å². The zero-order valence-corrected chi connectivity index (χ0v) is 15.2. The van der Waals surface area contributed by atoms with E-state index in [1.54, 1.807) is 38.6 Å². The van der Waals surface area contributed by atoms with Crippen LogP contribution in [0.2, 0.25) is 0 Å². The number of nitrogens with one attached hydrogen (secondary N) is 1. The highest BCUT2D eigenvalue weighted by molar-refractivity contribution is 6.06. The van der Waals surface area contributed by atoms with Crippen molar-refractivity contribution < 1.29 is 14.3 Å². The largest absolute Gasteiger partial charge is 0.497 e. The minimum atomic E-state index is -0.205. The molecule has 0 bridgehead atoms. The first-order chi connectivity index (χ1) is 12.5. The molecule has 3 rings (SSSR count). The quantitative estimate of drug-likeness (QED) is 0.760. The molecule has 1 aromatic carbocycles. The van der Waals surface area contributed by atoms with E-state index in [-0.39, 0.29) is 5.91 Å². The normalized spacial score (nSPS) is 10.5. The molecule has 0 aliphatic rings. The zero-order chi connectivity index (χ0) is 18.7. The molecule has 1 amide bonds. The number of carbonyl (C=O) groups is 1. The van der Waals surface area contributed by atoms with Crippen LogP contribution in [0.1, 0.15) is 21.7 Å². The van der Waals surface area contributed by atoms with Crippen LogP contribution in [-0.4, -0.2) is 29.7 Å². The van der Waals surface area contributed by atoms with Crippen molar-refractivity contribution in [1.82, 2.24) is 9.55 Å². The fourth-order valence-electron chi connectivity index (χ4n) is 2.92. The Morgan fingerprint density at radius 3 is 2.54 bits per heavy atom. The third-order valence-electron chi connectivity index (χ3n) is 4.21. The molecule has 2 aromatic heterocycles. The number of carbonyl (C=O) groups excluding carboxylic acids is 1. The Bertz CT molecular complexity index is 933. The summed E-state index contributed by atoms with van der Waals surface area (Å²) in [5.74, 6) is 1.77. The van der Waals surface area contributed by atoms with Gasteiger partial charge in [0.25, 0.3) is 5.91 Å². The highest BCUT2D eigenvalue weighted by atomic mass is 16.5. The van der Waals surface area contributed by atoms with Crippen molar-refractivity contribution in [2.75, 3.05) is 19.5 Å². The first kappa shape index (κ1) is 17.5. The van der Waals surface area contributed by atoms with E-state index in [1.165, 1.54) is 0 Å². The second-order valence-corrected chi connectivity index (χ2v) is 5.83. The van der Waals surface area contributed by atoms with Crippen LogP contribution in [0.3, 0.4) is 0 Å². The van der Waals surface area contributed by atoms with Crippen molar-refractivity contribution in [3.63, 3.8) is 0 Å². The van der Waals surface area contributed by atoms with Gasteiger partial charge in [0.05, 0.1) is 25.5 Å². The average molecular weight is 351 g/mol. The van der Waals surface area contributed by atoms with Crippen LogP contribution >= 0.6 is 0 Å². The molecule has 0 radical (unpaired) electrons. The van der Waals surface area contributed by atoms with Crippen LogP contribution in [0, 0.1) is 13.8 Å². The van der Waals surface area contributed by atoms with Crippen molar-refractivity contribution in [3.05, 3.63) is 65.6 Å². The molecule has 0 saturated carbocycles. The van der Waals surface area contributed by atoms with Gasteiger partial charge in [0.15, 0.2) is 0 Å². The average Bonchev–Trinajstić information content (AvgIpc) is 2.97. The van der Waals surface area contributed by atoms with Crippen LogP contribution in [0.5, 0.6) is 11.5 Å². The number of pyridine rings is 1. The van der Waals surface area contributed by atoms with E-state index in [0.29, 0.717) is 22.7 Å². The summed E-state index contributed by atoms with van der Waals surface area (Å²) in [5.41, 5.74) is 2.94. The number of hydrogen-bond donors (Lipinski definition) is 1. The number of aryl methyl sites for hydroxylation is 1. The van der Waals surface area contributed by atoms with E-state index < -0.39 is 0 Å². The molecule has 0 aliphatic heterocycles. The van der Waals surface area contributed by atoms with E-state index in [4.69, 9.17) is 9.47 Å². The Hall–Kier alpha value is -3.28. The molecule has 0 atom stereocenters. The van der Waals surface area contributed by atoms with E-state index in [9.17, 15) is 4.79 Å². The summed E-state index contributed by atoms with van der Waals surface area (Å²) in [4.78, 5) is 17.2. The number of benzene rings is 1. The Labute approximate surface area is 152 Å². The summed E-state index contributed by atoms with van der Waals surface area (Å²) >= 11 is 0. The van der Waals surface area contributed by atoms with Gasteiger partial charge in [-0.15, -0.1) is 0 Å². The van der Waals surface area contributed by atoms with Gasteiger partial charge in [-0.2, -0.15) is 0 Å². The lowest BCUT2D eigenvalue weighted by atomic mass is 10.2. The van der Waals surface area contributed by atoms with Crippen molar-refractivity contribution >= 4 is 11.6 Å². The molecular formula is C20H21N3O3. The van der Waals surface area contributed by atoms with Gasteiger partial charge in [0.1, 0.15) is 17.3 Å². The van der Waals surface area contributed by atoms with Crippen LogP contribution in [0.25, 0.3) is 5.82 Å². The number of nitrogens with zero attached hydrogens (tertiary/aromatic N) is 2. The molecule has 0 fully saturated rings. The van der Waals surface area contributed by atoms with E-state index in [0.717, 1.165) is 17.2 Å². The molecule has 26 heavy (non-hydrogen) atoms. The third kappa shape index (κ3) is 3.26. The molecule has 0 unspecified atom stereocenters. The molecule has 6 nitrogen and oxygen atoms in total. The van der Waals surface area contributed by atoms with Crippen molar-refractivity contribution in [2.45, 2.75) is 13.8 Å². The van der Waals surface area contributed by atoms with Gasteiger partial charge in [-0.05, 0) is 44.2 Å². The maximum Gasteiger partial charge on any atom is 0.257 e. The van der Waals surface area contributed by atoms with Crippen molar-refractivity contribution in [3.8, 4) is 17.3 Å². The Morgan fingerprint density at radius 1 is 1.08 bits per heavy atom. The predicted octanol–water partition coefficient (Wildman–Crippen LogP) is 3.76. The monoisotopic (exact) mass is 351 g/mol. The molecule has 6 heteroatoms. The van der Waals surface area contributed by atoms with Gasteiger partial charge in [-0.3, -0.25) is 4.79 Å². The maximum absolute atomic E-state index is 12.8. The van der Waals surface area contributed by atoms with Crippen molar-refractivity contribution in [1.29, 1.82) is 0 Å². The summed E-state index contributed by atoms with van der Waals surface area (Å²) in [5, 5.41) is 2.91. The van der Waals surface area contributed by atoms with Gasteiger partial charge in [-0.1, -0.05) is 6.07 Å². The summed E-state index contributed by atoms with van der Waals surface area (Å²) in [7, 11) is 3.14. The van der Waals surface area contributed by atoms with Crippen LogP contribution in [0.15, 0.2) is 48.7 Å². The lowest BCUT2D eigenvalue weighted by molar-refractivity contribution is 0.102. The number of hydrogen-bond acceptors (Lipinski definition) is 4. The number of rotatable bonds is 5. The Morgan fingerprint density at radius 2 is 1.88 bits per heavy atom. The Balaban J connectivity index is 1.92. The van der Waals surface area contributed by atoms with Crippen LogP contribution < -0.4 is 14.8 Å². The number of methoxy groups -OCH3 is 2. The molecule has 0 saturated heterocycles. The molecular weight excluding hydrogens is 330 g/mol. The second-order valence-electron chi connectivity index (χ2n) is 5.83. The molecule has 3 aromatic rings. The molecule has 1 N–H and O–H groups in total. The number of ether oxygens (including phenoxy) is 2. The zero-order valence-electron chi connectivity index (χ0n) is 15.2. The molecule has 134 valence electrons. The van der Waals surface area contributed by atoms with Crippen molar-refractivity contribution in [2.24, 2.45) is 0 Å². The lowest BCUT2D eigenvalue weighted by Gasteiger charge is -2.12. The second kappa shape index (κ2) is 7.31. The lowest BCUT2D eigenvalue weighted by Crippen LogP contribution is -2.14. The SMILES string of the molecule is COc1ccc(NC(=O)c2cc(C)n(-c3ccccn3)c2C)c(OC)c1. The fourth-order valence-corrected chi connectivity index (χ4v) is 2.92. The van der Waals surface area contributed by atoms with Gasteiger partial charge in [-0.25, -0.2) is 4.98 Å². The van der Waals surface area contributed by atoms with Crippen LogP contribution in [0.4, 0.5) is 5.69 Å². The summed E-state index contributed by atoms with van der Waals surface area (Å²) in [6.07, 6.45) is 1.73. The third-order valence-corrected chi connectivity index (χ3v) is 4.21. The summed E-state index contributed by atoms with van der Waals surface area (Å²) in [6.45, 7) is 3.86. The van der Waals surface area contributed by atoms with Gasteiger partial charge in [0, 0.05) is 23.7 Å². The standard InChI is InChI=1S/C20H21N3O3/c1-13-11-16(14(2)23(13)19-7-5-6-10-21-19)20(24)22-17-9-8-15(25-3)12-18(17)26-4/h5-12H,1-4H3,(H,22,24). The van der Waals surface area contributed by atoms with E-state index >= 15 is 0 Å². The molecule has 0 spiro atoms. The summed E-state index contributed by atoms with van der Waals surface area (Å²) in [6, 6.07) is 12.8. The first-order valence-electron chi connectivity index (χ1n) is 8.19. The Kier molecular flexibility index (Phi) is 4.93. The predicted molar refractivity (Wildman–Crippen MR) is 101 cm³/mol. The number of amides is 1. The van der Waals surface area contributed by atoms with Gasteiger partial charge >= 0.3 is 0 Å². The minimum Gasteiger partial charge on any atom is -0.497 e. The maximum atomic E-state index is 12.8. The highest BCUT2D eigenvalue weighted by Gasteiger charge is 2.18. The highest BCUT2D eigenvalue weighted by Crippen LogP contribution is 2.30. The molecule has 2 heterocycles. The van der Waals surface area contributed by atoms with Crippen LogP contribution in [-0.2, 0) is 0 Å². The first-order valence-corrected chi connectivity index (χ1v) is 8.19.